The Labute approximate surface area is 202 Å². The number of halogens is 4. The maximum atomic E-state index is 14.7. The molecule has 1 aliphatic rings. The summed E-state index contributed by atoms with van der Waals surface area (Å²) in [5, 5.41) is 3.76. The van der Waals surface area contributed by atoms with Crippen LogP contribution in [0.25, 0.3) is 10.9 Å². The van der Waals surface area contributed by atoms with Crippen molar-refractivity contribution >= 4 is 16.7 Å². The van der Waals surface area contributed by atoms with Gasteiger partial charge in [0.25, 0.3) is 0 Å². The minimum absolute atomic E-state index is 0.0282. The zero-order valence-corrected chi connectivity index (χ0v) is 20.5. The highest BCUT2D eigenvalue weighted by Crippen LogP contribution is 2.36. The van der Waals surface area contributed by atoms with Crippen molar-refractivity contribution < 1.29 is 22.3 Å². The fourth-order valence-electron chi connectivity index (χ4n) is 4.81. The second-order valence-corrected chi connectivity index (χ2v) is 9.34. The monoisotopic (exact) mass is 490 g/mol. The molecule has 0 bridgehead atoms. The predicted octanol–water partition coefficient (Wildman–Crippen LogP) is 6.44. The molecule has 5 nitrogen and oxygen atoms in total. The molecule has 0 spiro atoms. The Morgan fingerprint density at radius 2 is 1.89 bits per heavy atom. The summed E-state index contributed by atoms with van der Waals surface area (Å²) in [7, 11) is 2.09. The summed E-state index contributed by atoms with van der Waals surface area (Å²) in [5.74, 6) is 0.307. The van der Waals surface area contributed by atoms with Gasteiger partial charge in [-0.2, -0.15) is 13.2 Å². The number of ether oxygens (including phenoxy) is 1. The Morgan fingerprint density at radius 1 is 1.14 bits per heavy atom. The molecule has 3 aromatic rings. The first-order valence-corrected chi connectivity index (χ1v) is 11.7. The number of likely N-dealkylation sites (tertiary alicyclic amines) is 1. The third-order valence-corrected chi connectivity index (χ3v) is 6.69. The summed E-state index contributed by atoms with van der Waals surface area (Å²) in [6, 6.07) is 6.60. The number of aromatic nitrogens is 2. The minimum Gasteiger partial charge on any atom is -0.489 e. The molecular formula is C26H30F4N4O. The maximum absolute atomic E-state index is 14.7. The van der Waals surface area contributed by atoms with Crippen molar-refractivity contribution in [2.24, 2.45) is 0 Å². The third kappa shape index (κ3) is 5.19. The number of benzene rings is 2. The number of anilines is 1. The van der Waals surface area contributed by atoms with Gasteiger partial charge in [0.15, 0.2) is 0 Å². The minimum atomic E-state index is -4.77. The van der Waals surface area contributed by atoms with Crippen LogP contribution in [0.5, 0.6) is 5.75 Å². The summed E-state index contributed by atoms with van der Waals surface area (Å²) >= 11 is 0. The van der Waals surface area contributed by atoms with Gasteiger partial charge in [0.1, 0.15) is 29.3 Å². The molecule has 3 atom stereocenters. The van der Waals surface area contributed by atoms with Crippen LogP contribution in [0.4, 0.5) is 23.4 Å². The van der Waals surface area contributed by atoms with Crippen LogP contribution in [-0.2, 0) is 6.18 Å². The van der Waals surface area contributed by atoms with Crippen molar-refractivity contribution in [1.82, 2.24) is 14.9 Å². The van der Waals surface area contributed by atoms with E-state index >= 15 is 0 Å². The molecule has 0 saturated carbocycles. The van der Waals surface area contributed by atoms with Gasteiger partial charge in [-0.3, -0.25) is 4.90 Å². The molecule has 188 valence electrons. The molecule has 1 fully saturated rings. The Morgan fingerprint density at radius 3 is 2.54 bits per heavy atom. The van der Waals surface area contributed by atoms with Crippen LogP contribution in [0.3, 0.4) is 0 Å². The number of likely N-dealkylation sites (N-methyl/N-ethyl adjacent to an activating group) is 1. The summed E-state index contributed by atoms with van der Waals surface area (Å²) in [5.41, 5.74) is 0.216. The number of fused-ring (bicyclic) bond motifs is 1. The van der Waals surface area contributed by atoms with Crippen molar-refractivity contribution in [2.45, 2.75) is 64.9 Å². The molecule has 4 rings (SSSR count). The maximum Gasteiger partial charge on any atom is 0.419 e. The topological polar surface area (TPSA) is 50.3 Å². The van der Waals surface area contributed by atoms with Gasteiger partial charge in [0.2, 0.25) is 0 Å². The lowest BCUT2D eigenvalue weighted by molar-refractivity contribution is -0.140. The number of hydrogen-bond acceptors (Lipinski definition) is 5. The van der Waals surface area contributed by atoms with Gasteiger partial charge in [-0.15, -0.1) is 0 Å². The number of alkyl halides is 3. The first kappa shape index (κ1) is 25.2. The summed E-state index contributed by atoms with van der Waals surface area (Å²) in [4.78, 5) is 11.3. The Hall–Kier alpha value is -2.94. The van der Waals surface area contributed by atoms with Gasteiger partial charge in [-0.1, -0.05) is 12.1 Å². The van der Waals surface area contributed by atoms with E-state index in [1.54, 1.807) is 13.8 Å². The zero-order valence-electron chi connectivity index (χ0n) is 20.5. The Kier molecular flexibility index (Phi) is 6.90. The highest BCUT2D eigenvalue weighted by Gasteiger charge is 2.35. The molecule has 0 aliphatic carbocycles. The van der Waals surface area contributed by atoms with Gasteiger partial charge < -0.3 is 10.1 Å². The summed E-state index contributed by atoms with van der Waals surface area (Å²) in [6.07, 6.45) is -2.60. The summed E-state index contributed by atoms with van der Waals surface area (Å²) < 4.78 is 60.7. The lowest BCUT2D eigenvalue weighted by Gasteiger charge is -2.27. The van der Waals surface area contributed by atoms with Crippen LogP contribution in [0.15, 0.2) is 30.3 Å². The number of nitrogens with one attached hydrogen (secondary N) is 1. The number of hydrogen-bond donors (Lipinski definition) is 1. The van der Waals surface area contributed by atoms with E-state index in [1.165, 1.54) is 12.1 Å². The molecule has 35 heavy (non-hydrogen) atoms. The molecule has 9 heteroatoms. The van der Waals surface area contributed by atoms with Crippen molar-refractivity contribution in [3.63, 3.8) is 0 Å². The van der Waals surface area contributed by atoms with Gasteiger partial charge in [0.05, 0.1) is 17.1 Å². The standard InChI is InChI=1S/C26H30F4N4O/c1-14-12-21-19(13-23(14)35-16(3)22-10-7-11-34(22)5)25(33-17(4)32-21)31-15(2)18-8-6-9-20(24(18)27)26(28,29)30/h6,8-9,12-13,15-16,22H,7,10-11H2,1-5H3,(H,31,32,33)/t15-,16-,22+/m1/s1. The second kappa shape index (κ2) is 9.60. The molecule has 2 heterocycles. The van der Waals surface area contributed by atoms with Crippen molar-refractivity contribution in [2.75, 3.05) is 18.9 Å². The molecule has 0 amide bonds. The van der Waals surface area contributed by atoms with Gasteiger partial charge in [-0.25, -0.2) is 14.4 Å². The molecule has 2 aromatic carbocycles. The van der Waals surface area contributed by atoms with Crippen molar-refractivity contribution in [1.29, 1.82) is 0 Å². The van der Waals surface area contributed by atoms with E-state index in [1.807, 2.05) is 19.1 Å². The largest absolute Gasteiger partial charge is 0.489 e. The van der Waals surface area contributed by atoms with Gasteiger partial charge in [0, 0.05) is 17.0 Å². The van der Waals surface area contributed by atoms with Crippen LogP contribution in [-0.4, -0.2) is 40.6 Å². The van der Waals surface area contributed by atoms with Gasteiger partial charge >= 0.3 is 6.18 Å². The van der Waals surface area contributed by atoms with E-state index in [9.17, 15) is 17.6 Å². The molecule has 0 radical (unpaired) electrons. The quantitative estimate of drug-likeness (QED) is 0.403. The van der Waals surface area contributed by atoms with Crippen molar-refractivity contribution in [3.8, 4) is 5.75 Å². The average molecular weight is 491 g/mol. The fourth-order valence-corrected chi connectivity index (χ4v) is 4.81. The van der Waals surface area contributed by atoms with Crippen LogP contribution in [0.2, 0.25) is 0 Å². The highest BCUT2D eigenvalue weighted by molar-refractivity contribution is 5.91. The molecule has 1 N–H and O–H groups in total. The van der Waals surface area contributed by atoms with E-state index in [4.69, 9.17) is 4.74 Å². The Balaban J connectivity index is 1.68. The van der Waals surface area contributed by atoms with Crippen LogP contribution in [0.1, 0.15) is 55.2 Å². The second-order valence-electron chi connectivity index (χ2n) is 9.34. The molecule has 1 aliphatic heterocycles. The molecule has 0 unspecified atom stereocenters. The highest BCUT2D eigenvalue weighted by atomic mass is 19.4. The molecular weight excluding hydrogens is 460 g/mol. The van der Waals surface area contributed by atoms with E-state index in [0.29, 0.717) is 34.3 Å². The molecule has 1 aromatic heterocycles. The van der Waals surface area contributed by atoms with Crippen LogP contribution in [0, 0.1) is 19.7 Å². The lowest BCUT2D eigenvalue weighted by Crippen LogP contribution is -2.38. The van der Waals surface area contributed by atoms with Crippen LogP contribution >= 0.6 is 0 Å². The Bertz CT molecular complexity index is 1230. The van der Waals surface area contributed by atoms with E-state index in [2.05, 4.69) is 34.2 Å². The van der Waals surface area contributed by atoms with E-state index < -0.39 is 23.6 Å². The normalized spacial score (nSPS) is 18.6. The average Bonchev–Trinajstić information content (AvgIpc) is 3.19. The lowest BCUT2D eigenvalue weighted by atomic mass is 10.0. The third-order valence-electron chi connectivity index (χ3n) is 6.69. The first-order valence-electron chi connectivity index (χ1n) is 11.7. The number of nitrogens with zero attached hydrogens (tertiary/aromatic N) is 3. The van der Waals surface area contributed by atoms with E-state index in [0.717, 1.165) is 31.0 Å². The summed E-state index contributed by atoms with van der Waals surface area (Å²) in [6.45, 7) is 8.38. The van der Waals surface area contributed by atoms with Crippen LogP contribution < -0.4 is 10.1 Å². The SMILES string of the molecule is Cc1nc(N[C@H](C)c2cccc(C(F)(F)F)c2F)c2cc(O[C@H](C)[C@@H]3CCCN3C)c(C)cc2n1. The zero-order chi connectivity index (χ0) is 25.5. The first-order chi connectivity index (χ1) is 16.5. The van der Waals surface area contributed by atoms with Gasteiger partial charge in [-0.05, 0) is 77.9 Å². The number of rotatable bonds is 6. The smallest absolute Gasteiger partial charge is 0.419 e. The van der Waals surface area contributed by atoms with Crippen molar-refractivity contribution in [3.05, 3.63) is 58.7 Å². The molecule has 1 saturated heterocycles. The number of aryl methyl sites for hydroxylation is 2. The predicted molar refractivity (Wildman–Crippen MR) is 128 cm³/mol. The fraction of sp³-hybridized carbons (Fsp3) is 0.462. The van der Waals surface area contributed by atoms with E-state index in [-0.39, 0.29) is 11.7 Å².